The molecule has 21 heavy (non-hydrogen) atoms. The minimum absolute atomic E-state index is 0.0442. The number of morpholine rings is 1. The minimum Gasteiger partial charge on any atom is -0.367 e. The number of ether oxygens (including phenoxy) is 1. The maximum atomic E-state index is 5.83. The minimum atomic E-state index is -0.0442. The van der Waals surface area contributed by atoms with Crippen LogP contribution in [0.15, 0.2) is 4.52 Å². The van der Waals surface area contributed by atoms with Crippen molar-refractivity contribution in [1.82, 2.24) is 20.4 Å². The van der Waals surface area contributed by atoms with Crippen LogP contribution in [-0.2, 0) is 4.74 Å². The van der Waals surface area contributed by atoms with E-state index in [-0.39, 0.29) is 6.10 Å². The lowest BCUT2D eigenvalue weighted by molar-refractivity contribution is -0.0350. The average molecular weight is 294 g/mol. The van der Waals surface area contributed by atoms with Gasteiger partial charge >= 0.3 is 0 Å². The Morgan fingerprint density at radius 3 is 3.10 bits per heavy atom. The third-order valence-electron chi connectivity index (χ3n) is 4.64. The highest BCUT2D eigenvalue weighted by molar-refractivity contribution is 5.04. The van der Waals surface area contributed by atoms with Crippen LogP contribution in [0.5, 0.6) is 0 Å². The van der Waals surface area contributed by atoms with E-state index in [4.69, 9.17) is 9.26 Å². The number of rotatable bonds is 5. The predicted octanol–water partition coefficient (Wildman–Crippen LogP) is 1.71. The molecule has 2 heterocycles. The number of hydrogen-bond donors (Lipinski definition) is 1. The predicted molar refractivity (Wildman–Crippen MR) is 79.2 cm³/mol. The van der Waals surface area contributed by atoms with Gasteiger partial charge in [-0.05, 0) is 32.9 Å². The normalized spacial score (nSPS) is 30.9. The van der Waals surface area contributed by atoms with Crippen LogP contribution in [0.4, 0.5) is 0 Å². The Hall–Kier alpha value is -0.980. The van der Waals surface area contributed by atoms with Gasteiger partial charge in [0.25, 0.3) is 0 Å². The van der Waals surface area contributed by atoms with Gasteiger partial charge in [-0.25, -0.2) is 0 Å². The number of nitrogens with one attached hydrogen (secondary N) is 1. The van der Waals surface area contributed by atoms with Gasteiger partial charge in [0.15, 0.2) is 0 Å². The summed E-state index contributed by atoms with van der Waals surface area (Å²) in [7, 11) is 2.01. The van der Waals surface area contributed by atoms with Gasteiger partial charge in [-0.1, -0.05) is 18.5 Å². The summed E-state index contributed by atoms with van der Waals surface area (Å²) in [6, 6.07) is 0.460. The van der Waals surface area contributed by atoms with Gasteiger partial charge in [-0.15, -0.1) is 0 Å². The Morgan fingerprint density at radius 1 is 1.38 bits per heavy atom. The van der Waals surface area contributed by atoms with E-state index in [1.165, 1.54) is 12.8 Å². The van der Waals surface area contributed by atoms with Crippen LogP contribution in [0.3, 0.4) is 0 Å². The zero-order valence-electron chi connectivity index (χ0n) is 13.0. The number of aromatic nitrogens is 2. The van der Waals surface area contributed by atoms with Crippen molar-refractivity contribution in [2.75, 3.05) is 33.3 Å². The van der Waals surface area contributed by atoms with Gasteiger partial charge in [-0.3, -0.25) is 4.90 Å². The fourth-order valence-corrected chi connectivity index (χ4v) is 3.51. The van der Waals surface area contributed by atoms with E-state index in [1.54, 1.807) is 0 Å². The van der Waals surface area contributed by atoms with Gasteiger partial charge in [0.1, 0.15) is 6.10 Å². The molecule has 0 amide bonds. The molecule has 1 aliphatic heterocycles. The van der Waals surface area contributed by atoms with Gasteiger partial charge in [0, 0.05) is 19.1 Å². The SMILES string of the molecule is CCCN1CCOC(c2noc(C3CCCC3NC)n2)C1. The zero-order valence-corrected chi connectivity index (χ0v) is 13.0. The van der Waals surface area contributed by atoms with Crippen molar-refractivity contribution in [1.29, 1.82) is 0 Å². The topological polar surface area (TPSA) is 63.4 Å². The van der Waals surface area contributed by atoms with Gasteiger partial charge in [0.2, 0.25) is 11.7 Å². The van der Waals surface area contributed by atoms with Crippen molar-refractivity contribution in [2.24, 2.45) is 0 Å². The molecule has 0 bridgehead atoms. The summed E-state index contributed by atoms with van der Waals surface area (Å²) >= 11 is 0. The molecule has 3 rings (SSSR count). The van der Waals surface area contributed by atoms with Crippen LogP contribution >= 0.6 is 0 Å². The fourth-order valence-electron chi connectivity index (χ4n) is 3.51. The summed E-state index contributed by atoms with van der Waals surface area (Å²) in [5.74, 6) is 1.84. The van der Waals surface area contributed by atoms with Crippen molar-refractivity contribution in [2.45, 2.75) is 50.7 Å². The Balaban J connectivity index is 1.67. The van der Waals surface area contributed by atoms with E-state index in [0.717, 1.165) is 45.0 Å². The Bertz CT molecular complexity index is 449. The van der Waals surface area contributed by atoms with E-state index in [1.807, 2.05) is 7.05 Å². The van der Waals surface area contributed by atoms with Crippen LogP contribution in [0.1, 0.15) is 56.3 Å². The first kappa shape index (κ1) is 14.9. The fraction of sp³-hybridized carbons (Fsp3) is 0.867. The van der Waals surface area contributed by atoms with Crippen molar-refractivity contribution >= 4 is 0 Å². The van der Waals surface area contributed by atoms with Gasteiger partial charge < -0.3 is 14.6 Å². The molecular formula is C15H26N4O2. The lowest BCUT2D eigenvalue weighted by Gasteiger charge is -2.30. The molecule has 1 saturated heterocycles. The van der Waals surface area contributed by atoms with Crippen molar-refractivity contribution in [3.05, 3.63) is 11.7 Å². The molecule has 1 aliphatic carbocycles. The summed E-state index contributed by atoms with van der Waals surface area (Å²) in [5.41, 5.74) is 0. The lowest BCUT2D eigenvalue weighted by Crippen LogP contribution is -2.39. The van der Waals surface area contributed by atoms with E-state index < -0.39 is 0 Å². The Labute approximate surface area is 126 Å². The van der Waals surface area contributed by atoms with Gasteiger partial charge in [0.05, 0.1) is 12.5 Å². The average Bonchev–Trinajstić information content (AvgIpc) is 3.16. The molecule has 1 N–H and O–H groups in total. The number of likely N-dealkylation sites (N-methyl/N-ethyl adjacent to an activating group) is 1. The molecule has 0 spiro atoms. The smallest absolute Gasteiger partial charge is 0.231 e. The van der Waals surface area contributed by atoms with Gasteiger partial charge in [-0.2, -0.15) is 4.98 Å². The molecular weight excluding hydrogens is 268 g/mol. The number of hydrogen-bond acceptors (Lipinski definition) is 6. The molecule has 1 saturated carbocycles. The van der Waals surface area contributed by atoms with Crippen LogP contribution in [0.2, 0.25) is 0 Å². The number of nitrogens with zero attached hydrogens (tertiary/aromatic N) is 3. The standard InChI is InChI=1S/C15H26N4O2/c1-3-7-19-8-9-20-13(10-19)14-17-15(21-18-14)11-5-4-6-12(11)16-2/h11-13,16H,3-10H2,1-2H3. The van der Waals surface area contributed by atoms with Crippen molar-refractivity contribution in [3.63, 3.8) is 0 Å². The highest BCUT2D eigenvalue weighted by Gasteiger charge is 2.33. The molecule has 3 unspecified atom stereocenters. The van der Waals surface area contributed by atoms with Crippen LogP contribution in [-0.4, -0.2) is 54.4 Å². The molecule has 2 fully saturated rings. The molecule has 6 heteroatoms. The van der Waals surface area contributed by atoms with E-state index in [9.17, 15) is 0 Å². The lowest BCUT2D eigenvalue weighted by atomic mass is 10.0. The summed E-state index contributed by atoms with van der Waals surface area (Å²) < 4.78 is 11.4. The largest absolute Gasteiger partial charge is 0.367 e. The summed E-state index contributed by atoms with van der Waals surface area (Å²) in [6.45, 7) is 5.92. The molecule has 1 aromatic rings. The Kier molecular flexibility index (Phi) is 4.87. The van der Waals surface area contributed by atoms with Crippen LogP contribution < -0.4 is 5.32 Å². The van der Waals surface area contributed by atoms with E-state index in [2.05, 4.69) is 27.3 Å². The van der Waals surface area contributed by atoms with Crippen molar-refractivity contribution in [3.8, 4) is 0 Å². The maximum Gasteiger partial charge on any atom is 0.231 e. The second kappa shape index (κ2) is 6.85. The molecule has 0 aromatic carbocycles. The highest BCUT2D eigenvalue weighted by Crippen LogP contribution is 2.34. The molecule has 3 atom stereocenters. The van der Waals surface area contributed by atoms with Crippen LogP contribution in [0.25, 0.3) is 0 Å². The zero-order chi connectivity index (χ0) is 14.7. The Morgan fingerprint density at radius 2 is 2.29 bits per heavy atom. The van der Waals surface area contributed by atoms with E-state index >= 15 is 0 Å². The van der Waals surface area contributed by atoms with E-state index in [0.29, 0.717) is 17.8 Å². The second-order valence-corrected chi connectivity index (χ2v) is 6.08. The molecule has 0 radical (unpaired) electrons. The van der Waals surface area contributed by atoms with Crippen LogP contribution in [0, 0.1) is 0 Å². The summed E-state index contributed by atoms with van der Waals surface area (Å²) in [5, 5.41) is 7.54. The molecule has 6 nitrogen and oxygen atoms in total. The quantitative estimate of drug-likeness (QED) is 0.892. The summed E-state index contributed by atoms with van der Waals surface area (Å²) in [6.07, 6.45) is 4.65. The third kappa shape index (κ3) is 3.27. The summed E-state index contributed by atoms with van der Waals surface area (Å²) in [4.78, 5) is 7.05. The molecule has 1 aromatic heterocycles. The maximum absolute atomic E-state index is 5.83. The first-order valence-corrected chi connectivity index (χ1v) is 8.16. The molecule has 2 aliphatic rings. The second-order valence-electron chi connectivity index (χ2n) is 6.08. The first-order chi connectivity index (χ1) is 10.3. The monoisotopic (exact) mass is 294 g/mol. The highest BCUT2D eigenvalue weighted by atomic mass is 16.5. The third-order valence-corrected chi connectivity index (χ3v) is 4.64. The van der Waals surface area contributed by atoms with Crippen molar-refractivity contribution < 1.29 is 9.26 Å². The first-order valence-electron chi connectivity index (χ1n) is 8.16. The molecule has 118 valence electrons.